The SMILES string of the molecule is CC1CN(C(=O)CC(C)C(C)(C)C)CC(CBr)O1. The van der Waals surface area contributed by atoms with E-state index in [4.69, 9.17) is 4.74 Å². The number of hydrogen-bond acceptors (Lipinski definition) is 2. The normalized spacial score (nSPS) is 27.1. The van der Waals surface area contributed by atoms with Crippen molar-refractivity contribution in [2.75, 3.05) is 18.4 Å². The van der Waals surface area contributed by atoms with Gasteiger partial charge in [0.1, 0.15) is 0 Å². The number of ether oxygens (including phenoxy) is 1. The van der Waals surface area contributed by atoms with E-state index < -0.39 is 0 Å². The summed E-state index contributed by atoms with van der Waals surface area (Å²) in [6.07, 6.45) is 0.892. The Balaban J connectivity index is 2.56. The third kappa shape index (κ3) is 4.54. The molecule has 0 aromatic carbocycles. The zero-order chi connectivity index (χ0) is 13.9. The molecule has 0 N–H and O–H groups in total. The monoisotopic (exact) mass is 319 g/mol. The predicted molar refractivity (Wildman–Crippen MR) is 77.9 cm³/mol. The van der Waals surface area contributed by atoms with Gasteiger partial charge >= 0.3 is 0 Å². The van der Waals surface area contributed by atoms with Crippen molar-refractivity contribution in [1.82, 2.24) is 4.90 Å². The second-order valence-electron chi connectivity index (χ2n) is 6.49. The molecular weight excluding hydrogens is 294 g/mol. The number of morpholine rings is 1. The summed E-state index contributed by atoms with van der Waals surface area (Å²) in [6.45, 7) is 12.2. The molecule has 1 saturated heterocycles. The number of amides is 1. The molecule has 106 valence electrons. The fourth-order valence-corrected chi connectivity index (χ4v) is 2.39. The molecule has 0 radical (unpaired) electrons. The zero-order valence-corrected chi connectivity index (χ0v) is 13.8. The van der Waals surface area contributed by atoms with Crippen molar-refractivity contribution < 1.29 is 9.53 Å². The van der Waals surface area contributed by atoms with E-state index in [1.54, 1.807) is 0 Å². The van der Waals surface area contributed by atoms with Crippen LogP contribution in [0.5, 0.6) is 0 Å². The lowest BCUT2D eigenvalue weighted by Crippen LogP contribution is -2.50. The van der Waals surface area contributed by atoms with Crippen LogP contribution in [0.25, 0.3) is 0 Å². The molecule has 1 fully saturated rings. The van der Waals surface area contributed by atoms with Crippen molar-refractivity contribution >= 4 is 21.8 Å². The highest BCUT2D eigenvalue weighted by molar-refractivity contribution is 9.09. The van der Waals surface area contributed by atoms with Crippen LogP contribution in [-0.4, -0.2) is 41.4 Å². The molecule has 0 aromatic rings. The molecule has 0 aromatic heterocycles. The van der Waals surface area contributed by atoms with Crippen LogP contribution in [0.4, 0.5) is 0 Å². The Morgan fingerprint density at radius 2 is 2.06 bits per heavy atom. The van der Waals surface area contributed by atoms with Gasteiger partial charge in [-0.3, -0.25) is 4.79 Å². The number of rotatable bonds is 3. The van der Waals surface area contributed by atoms with E-state index in [1.807, 2.05) is 11.8 Å². The highest BCUT2D eigenvalue weighted by Gasteiger charge is 2.30. The largest absolute Gasteiger partial charge is 0.371 e. The molecule has 3 unspecified atom stereocenters. The topological polar surface area (TPSA) is 29.5 Å². The first-order valence-corrected chi connectivity index (χ1v) is 7.85. The maximum absolute atomic E-state index is 12.3. The van der Waals surface area contributed by atoms with Crippen LogP contribution in [0.1, 0.15) is 41.0 Å². The van der Waals surface area contributed by atoms with E-state index in [0.29, 0.717) is 18.9 Å². The minimum Gasteiger partial charge on any atom is -0.371 e. The summed E-state index contributed by atoms with van der Waals surface area (Å²) in [7, 11) is 0. The van der Waals surface area contributed by atoms with E-state index in [1.165, 1.54) is 0 Å². The number of halogens is 1. The van der Waals surface area contributed by atoms with Gasteiger partial charge in [-0.15, -0.1) is 0 Å². The van der Waals surface area contributed by atoms with Gasteiger partial charge in [0.25, 0.3) is 0 Å². The van der Waals surface area contributed by atoms with Gasteiger partial charge in [-0.25, -0.2) is 0 Å². The average molecular weight is 320 g/mol. The van der Waals surface area contributed by atoms with Gasteiger partial charge in [0.05, 0.1) is 12.2 Å². The fraction of sp³-hybridized carbons (Fsp3) is 0.929. The van der Waals surface area contributed by atoms with Gasteiger partial charge in [0, 0.05) is 24.8 Å². The van der Waals surface area contributed by atoms with Crippen molar-refractivity contribution in [3.05, 3.63) is 0 Å². The van der Waals surface area contributed by atoms with Gasteiger partial charge in [-0.2, -0.15) is 0 Å². The van der Waals surface area contributed by atoms with Crippen LogP contribution in [-0.2, 0) is 9.53 Å². The molecular formula is C14H26BrNO2. The average Bonchev–Trinajstić information content (AvgIpc) is 2.26. The molecule has 0 spiro atoms. The van der Waals surface area contributed by atoms with E-state index in [2.05, 4.69) is 43.6 Å². The Bertz CT molecular complexity index is 288. The molecule has 1 aliphatic heterocycles. The summed E-state index contributed by atoms with van der Waals surface area (Å²) >= 11 is 3.43. The van der Waals surface area contributed by atoms with Crippen molar-refractivity contribution in [3.8, 4) is 0 Å². The lowest BCUT2D eigenvalue weighted by molar-refractivity contribution is -0.144. The molecule has 1 aliphatic rings. The first-order valence-electron chi connectivity index (χ1n) is 6.73. The third-order valence-corrected chi connectivity index (χ3v) is 4.53. The second kappa shape index (κ2) is 6.38. The van der Waals surface area contributed by atoms with Crippen LogP contribution in [0.2, 0.25) is 0 Å². The molecule has 3 nitrogen and oxygen atoms in total. The summed E-state index contributed by atoms with van der Waals surface area (Å²) in [5, 5.41) is 0.788. The highest BCUT2D eigenvalue weighted by Crippen LogP contribution is 2.29. The first-order chi connectivity index (χ1) is 8.24. The molecule has 0 bridgehead atoms. The van der Waals surface area contributed by atoms with Crippen molar-refractivity contribution in [1.29, 1.82) is 0 Å². The van der Waals surface area contributed by atoms with E-state index in [9.17, 15) is 4.79 Å². The van der Waals surface area contributed by atoms with E-state index >= 15 is 0 Å². The van der Waals surface area contributed by atoms with E-state index in [0.717, 1.165) is 11.9 Å². The van der Waals surface area contributed by atoms with Gasteiger partial charge in [-0.05, 0) is 18.3 Å². The summed E-state index contributed by atoms with van der Waals surface area (Å²) < 4.78 is 5.75. The molecule has 4 heteroatoms. The standard InChI is InChI=1S/C14H26BrNO2/c1-10(14(3,4)5)6-13(17)16-8-11(2)18-12(7-15)9-16/h10-12H,6-9H2,1-5H3. The summed E-state index contributed by atoms with van der Waals surface area (Å²) in [5.74, 6) is 0.657. The molecule has 1 heterocycles. The van der Waals surface area contributed by atoms with Gasteiger partial charge in [0.2, 0.25) is 5.91 Å². The quantitative estimate of drug-likeness (QED) is 0.748. The number of carbonyl (C=O) groups excluding carboxylic acids is 1. The highest BCUT2D eigenvalue weighted by atomic mass is 79.9. The van der Waals surface area contributed by atoms with E-state index in [-0.39, 0.29) is 23.5 Å². The first kappa shape index (κ1) is 16.0. The summed E-state index contributed by atoms with van der Waals surface area (Å²) in [6, 6.07) is 0. The molecule has 1 rings (SSSR count). The Morgan fingerprint density at radius 1 is 1.44 bits per heavy atom. The maximum Gasteiger partial charge on any atom is 0.223 e. The Labute approximate surface area is 119 Å². The van der Waals surface area contributed by atoms with Crippen LogP contribution in [0, 0.1) is 11.3 Å². The number of carbonyl (C=O) groups is 1. The minimum absolute atomic E-state index is 0.127. The Kier molecular flexibility index (Phi) is 5.66. The second-order valence-corrected chi connectivity index (χ2v) is 7.14. The fourth-order valence-electron chi connectivity index (χ4n) is 2.03. The van der Waals surface area contributed by atoms with Crippen molar-refractivity contribution in [3.63, 3.8) is 0 Å². The van der Waals surface area contributed by atoms with Crippen LogP contribution < -0.4 is 0 Å². The molecule has 1 amide bonds. The summed E-state index contributed by atoms with van der Waals surface area (Å²) in [5.41, 5.74) is 0.183. The predicted octanol–water partition coefficient (Wildman–Crippen LogP) is 3.07. The lowest BCUT2D eigenvalue weighted by Gasteiger charge is -2.37. The lowest BCUT2D eigenvalue weighted by atomic mass is 9.80. The molecule has 0 saturated carbocycles. The van der Waals surface area contributed by atoms with Crippen LogP contribution in [0.15, 0.2) is 0 Å². The third-order valence-electron chi connectivity index (χ3n) is 3.81. The number of nitrogens with zero attached hydrogens (tertiary/aromatic N) is 1. The van der Waals surface area contributed by atoms with Crippen LogP contribution in [0.3, 0.4) is 0 Å². The van der Waals surface area contributed by atoms with Gasteiger partial charge in [0.15, 0.2) is 0 Å². The van der Waals surface area contributed by atoms with Gasteiger partial charge < -0.3 is 9.64 Å². The van der Waals surface area contributed by atoms with Crippen LogP contribution >= 0.6 is 15.9 Å². The zero-order valence-electron chi connectivity index (χ0n) is 12.2. The maximum atomic E-state index is 12.3. The number of hydrogen-bond donors (Lipinski definition) is 0. The number of alkyl halides is 1. The Hall–Kier alpha value is -0.0900. The molecule has 0 aliphatic carbocycles. The smallest absolute Gasteiger partial charge is 0.223 e. The minimum atomic E-state index is 0.127. The molecule has 3 atom stereocenters. The van der Waals surface area contributed by atoms with Crippen molar-refractivity contribution in [2.24, 2.45) is 11.3 Å². The van der Waals surface area contributed by atoms with Gasteiger partial charge in [-0.1, -0.05) is 43.6 Å². The Morgan fingerprint density at radius 3 is 2.56 bits per heavy atom. The van der Waals surface area contributed by atoms with Crippen molar-refractivity contribution in [2.45, 2.75) is 53.2 Å². The molecule has 18 heavy (non-hydrogen) atoms. The summed E-state index contributed by atoms with van der Waals surface area (Å²) in [4.78, 5) is 14.3.